The summed E-state index contributed by atoms with van der Waals surface area (Å²) in [4.78, 5) is 4.22. The third kappa shape index (κ3) is 3.06. The number of nitrogens with one attached hydrogen (secondary N) is 1. The summed E-state index contributed by atoms with van der Waals surface area (Å²) in [5, 5.41) is 2.92. The Balaban J connectivity index is 2.39. The molecule has 0 bridgehead atoms. The van der Waals surface area contributed by atoms with Crippen LogP contribution in [0.1, 0.15) is 26.7 Å². The first-order valence-corrected chi connectivity index (χ1v) is 8.04. The smallest absolute Gasteiger partial charge is 0.246 e. The molecule has 19 heavy (non-hydrogen) atoms. The minimum Gasteiger partial charge on any atom is -0.387 e. The first-order chi connectivity index (χ1) is 8.96. The van der Waals surface area contributed by atoms with Gasteiger partial charge in [-0.3, -0.25) is 4.98 Å². The molecule has 1 aliphatic rings. The fourth-order valence-corrected chi connectivity index (χ4v) is 4.08. The van der Waals surface area contributed by atoms with Gasteiger partial charge in [-0.05, 0) is 24.8 Å². The second-order valence-corrected chi connectivity index (χ2v) is 7.18. The van der Waals surface area contributed by atoms with Gasteiger partial charge in [0.15, 0.2) is 0 Å². The van der Waals surface area contributed by atoms with E-state index in [4.69, 9.17) is 0 Å². The van der Waals surface area contributed by atoms with Crippen molar-refractivity contribution in [1.29, 1.82) is 0 Å². The average Bonchev–Trinajstić information content (AvgIpc) is 3.19. The van der Waals surface area contributed by atoms with Crippen LogP contribution in [0.3, 0.4) is 0 Å². The van der Waals surface area contributed by atoms with Gasteiger partial charge in [0.2, 0.25) is 10.0 Å². The molecule has 6 heteroatoms. The summed E-state index contributed by atoms with van der Waals surface area (Å²) in [7, 11) is -1.75. The van der Waals surface area contributed by atoms with E-state index in [1.807, 2.05) is 13.8 Å². The molecule has 2 rings (SSSR count). The van der Waals surface area contributed by atoms with Crippen LogP contribution in [0.25, 0.3) is 0 Å². The predicted molar refractivity (Wildman–Crippen MR) is 75.5 cm³/mol. The van der Waals surface area contributed by atoms with Gasteiger partial charge < -0.3 is 5.32 Å². The monoisotopic (exact) mass is 283 g/mol. The number of aromatic nitrogens is 1. The highest BCUT2D eigenvalue weighted by atomic mass is 32.2. The van der Waals surface area contributed by atoms with Crippen molar-refractivity contribution in [1.82, 2.24) is 9.29 Å². The quantitative estimate of drug-likeness (QED) is 0.866. The summed E-state index contributed by atoms with van der Waals surface area (Å²) in [6.45, 7) is 4.63. The molecule has 0 atom stereocenters. The van der Waals surface area contributed by atoms with Crippen LogP contribution in [0.5, 0.6) is 0 Å². The van der Waals surface area contributed by atoms with E-state index in [0.717, 1.165) is 12.8 Å². The van der Waals surface area contributed by atoms with E-state index >= 15 is 0 Å². The zero-order valence-electron chi connectivity index (χ0n) is 11.6. The van der Waals surface area contributed by atoms with E-state index in [1.165, 1.54) is 6.20 Å². The fourth-order valence-electron chi connectivity index (χ4n) is 2.08. The second-order valence-electron chi connectivity index (χ2n) is 5.32. The normalized spacial score (nSPS) is 16.1. The van der Waals surface area contributed by atoms with Crippen molar-refractivity contribution >= 4 is 15.7 Å². The zero-order valence-corrected chi connectivity index (χ0v) is 12.4. The maximum atomic E-state index is 12.8. The lowest BCUT2D eigenvalue weighted by Crippen LogP contribution is -2.36. The molecule has 0 radical (unpaired) electrons. The maximum Gasteiger partial charge on any atom is 0.246 e. The molecule has 1 N–H and O–H groups in total. The van der Waals surface area contributed by atoms with Crippen molar-refractivity contribution in [2.75, 3.05) is 18.9 Å². The molecule has 1 heterocycles. The molecule has 0 saturated heterocycles. The van der Waals surface area contributed by atoms with Gasteiger partial charge in [0, 0.05) is 32.0 Å². The highest BCUT2D eigenvalue weighted by Crippen LogP contribution is 2.34. The minimum atomic E-state index is -3.47. The van der Waals surface area contributed by atoms with Gasteiger partial charge in [0.1, 0.15) is 4.90 Å². The molecule has 0 aliphatic heterocycles. The molecule has 0 aromatic carbocycles. The van der Waals surface area contributed by atoms with Crippen LogP contribution >= 0.6 is 0 Å². The number of pyridine rings is 1. The topological polar surface area (TPSA) is 62.3 Å². The molecule has 5 nitrogen and oxygen atoms in total. The molecule has 0 amide bonds. The van der Waals surface area contributed by atoms with Gasteiger partial charge in [-0.15, -0.1) is 0 Å². The Kier molecular flexibility index (Phi) is 4.10. The Morgan fingerprint density at radius 2 is 2.16 bits per heavy atom. The number of nitrogens with zero attached hydrogens (tertiary/aromatic N) is 2. The Morgan fingerprint density at radius 3 is 2.68 bits per heavy atom. The van der Waals surface area contributed by atoms with E-state index < -0.39 is 10.0 Å². The average molecular weight is 283 g/mol. The van der Waals surface area contributed by atoms with Gasteiger partial charge in [-0.25, -0.2) is 8.42 Å². The molecular formula is C13H21N3O2S. The summed E-state index contributed by atoms with van der Waals surface area (Å²) in [5.41, 5.74) is 0.601. The molecule has 106 valence electrons. The van der Waals surface area contributed by atoms with Crippen LogP contribution in [-0.4, -0.2) is 37.3 Å². The van der Waals surface area contributed by atoms with E-state index in [1.54, 1.807) is 23.6 Å². The molecule has 0 unspecified atom stereocenters. The third-order valence-electron chi connectivity index (χ3n) is 3.14. The lowest BCUT2D eigenvalue weighted by Gasteiger charge is -2.24. The molecule has 1 fully saturated rings. The van der Waals surface area contributed by atoms with Crippen molar-refractivity contribution in [2.45, 2.75) is 37.6 Å². The van der Waals surface area contributed by atoms with E-state index in [0.29, 0.717) is 18.2 Å². The van der Waals surface area contributed by atoms with Gasteiger partial charge in [-0.2, -0.15) is 4.31 Å². The highest BCUT2D eigenvalue weighted by Gasteiger charge is 2.39. The molecule has 0 spiro atoms. The van der Waals surface area contributed by atoms with Crippen LogP contribution < -0.4 is 5.32 Å². The van der Waals surface area contributed by atoms with Gasteiger partial charge in [0.05, 0.1) is 5.69 Å². The summed E-state index contributed by atoms with van der Waals surface area (Å²) in [5.74, 6) is 0.310. The van der Waals surface area contributed by atoms with Crippen molar-refractivity contribution in [3.8, 4) is 0 Å². The number of rotatable bonds is 6. The summed E-state index contributed by atoms with van der Waals surface area (Å²) in [6.07, 6.45) is 4.94. The van der Waals surface area contributed by atoms with E-state index in [9.17, 15) is 8.42 Å². The third-order valence-corrected chi connectivity index (χ3v) is 5.09. The van der Waals surface area contributed by atoms with Gasteiger partial charge in [0.25, 0.3) is 0 Å². The summed E-state index contributed by atoms with van der Waals surface area (Å²) < 4.78 is 27.2. The standard InChI is InChI=1S/C13H21N3O2S/c1-10(2)9-16(11-4-5-11)19(17,18)13-8-15-7-6-12(13)14-3/h6-8,10-11H,4-5,9H2,1-3H3,(H,14,15). The fraction of sp³-hybridized carbons (Fsp3) is 0.615. The lowest BCUT2D eigenvalue weighted by atomic mass is 10.2. The minimum absolute atomic E-state index is 0.164. The molecule has 1 aromatic heterocycles. The van der Waals surface area contributed by atoms with Crippen LogP contribution in [-0.2, 0) is 10.0 Å². The van der Waals surface area contributed by atoms with Crippen LogP contribution in [0.15, 0.2) is 23.4 Å². The molecule has 1 aliphatic carbocycles. The van der Waals surface area contributed by atoms with Crippen LogP contribution in [0, 0.1) is 5.92 Å². The molecular weight excluding hydrogens is 262 g/mol. The zero-order chi connectivity index (χ0) is 14.0. The number of hydrogen-bond donors (Lipinski definition) is 1. The lowest BCUT2D eigenvalue weighted by molar-refractivity contribution is 0.360. The Morgan fingerprint density at radius 1 is 1.47 bits per heavy atom. The Bertz CT molecular complexity index is 539. The van der Waals surface area contributed by atoms with Crippen LogP contribution in [0.4, 0.5) is 5.69 Å². The van der Waals surface area contributed by atoms with Crippen molar-refractivity contribution in [2.24, 2.45) is 5.92 Å². The van der Waals surface area contributed by atoms with Gasteiger partial charge in [-0.1, -0.05) is 13.8 Å². The van der Waals surface area contributed by atoms with Crippen LogP contribution in [0.2, 0.25) is 0 Å². The summed E-state index contributed by atoms with van der Waals surface area (Å²) in [6, 6.07) is 1.85. The first kappa shape index (κ1) is 14.3. The SMILES string of the molecule is CNc1ccncc1S(=O)(=O)N(CC(C)C)C1CC1. The van der Waals surface area contributed by atoms with E-state index in [-0.39, 0.29) is 10.9 Å². The first-order valence-electron chi connectivity index (χ1n) is 6.60. The number of hydrogen-bond acceptors (Lipinski definition) is 4. The number of anilines is 1. The maximum absolute atomic E-state index is 12.8. The Labute approximate surface area is 115 Å². The molecule has 1 saturated carbocycles. The number of sulfonamides is 1. The van der Waals surface area contributed by atoms with Crippen molar-refractivity contribution < 1.29 is 8.42 Å². The predicted octanol–water partition coefficient (Wildman–Crippen LogP) is 1.93. The van der Waals surface area contributed by atoms with E-state index in [2.05, 4.69) is 10.3 Å². The summed E-state index contributed by atoms with van der Waals surface area (Å²) >= 11 is 0. The largest absolute Gasteiger partial charge is 0.387 e. The Hall–Kier alpha value is -1.14. The van der Waals surface area contributed by atoms with Gasteiger partial charge >= 0.3 is 0 Å². The molecule has 1 aromatic rings. The highest BCUT2D eigenvalue weighted by molar-refractivity contribution is 7.89. The second kappa shape index (κ2) is 5.46. The van der Waals surface area contributed by atoms with Crippen molar-refractivity contribution in [3.63, 3.8) is 0 Å². The van der Waals surface area contributed by atoms with Crippen molar-refractivity contribution in [3.05, 3.63) is 18.5 Å².